The van der Waals surface area contributed by atoms with Gasteiger partial charge in [0.25, 0.3) is 0 Å². The fourth-order valence-corrected chi connectivity index (χ4v) is 2.32. The SMILES string of the molecule is O=C(N[C@H]([C@@H]1CCNC1)C(F)(F)F)OCc1ccccc1. The van der Waals surface area contributed by atoms with Crippen LogP contribution in [0.3, 0.4) is 0 Å². The third-order valence-electron chi connectivity index (χ3n) is 3.41. The number of hydrogen-bond donors (Lipinski definition) is 2. The lowest BCUT2D eigenvalue weighted by Gasteiger charge is -2.26. The number of carbonyl (C=O) groups is 1. The van der Waals surface area contributed by atoms with Gasteiger partial charge in [0.15, 0.2) is 0 Å². The maximum absolute atomic E-state index is 13.0. The second-order valence-electron chi connectivity index (χ2n) is 4.98. The number of ether oxygens (including phenoxy) is 1. The quantitative estimate of drug-likeness (QED) is 0.898. The van der Waals surface area contributed by atoms with Crippen LogP contribution in [0.15, 0.2) is 30.3 Å². The number of alkyl carbamates (subject to hydrolysis) is 1. The first kappa shape index (κ1) is 15.6. The van der Waals surface area contributed by atoms with E-state index < -0.39 is 24.2 Å². The molecule has 0 aromatic heterocycles. The van der Waals surface area contributed by atoms with Crippen LogP contribution in [0.4, 0.5) is 18.0 Å². The van der Waals surface area contributed by atoms with E-state index in [2.05, 4.69) is 5.32 Å². The van der Waals surface area contributed by atoms with E-state index in [-0.39, 0.29) is 13.2 Å². The highest BCUT2D eigenvalue weighted by Crippen LogP contribution is 2.28. The zero-order valence-corrected chi connectivity index (χ0v) is 11.3. The molecule has 2 N–H and O–H groups in total. The zero-order chi connectivity index (χ0) is 15.3. The highest BCUT2D eigenvalue weighted by Gasteiger charge is 2.46. The van der Waals surface area contributed by atoms with Crippen molar-refractivity contribution in [3.8, 4) is 0 Å². The molecule has 1 saturated heterocycles. The maximum Gasteiger partial charge on any atom is 0.409 e. The molecule has 1 aliphatic heterocycles. The Morgan fingerprint density at radius 2 is 2.10 bits per heavy atom. The van der Waals surface area contributed by atoms with Crippen molar-refractivity contribution in [3.05, 3.63) is 35.9 Å². The molecule has 0 unspecified atom stereocenters. The average molecular weight is 302 g/mol. The standard InChI is InChI=1S/C14H17F3N2O2/c15-14(16,17)12(11-6-7-18-8-11)19-13(20)21-9-10-4-2-1-3-5-10/h1-5,11-12,18H,6-9H2,(H,19,20)/t11-,12-/m1/s1. The molecular weight excluding hydrogens is 285 g/mol. The average Bonchev–Trinajstić information content (AvgIpc) is 2.96. The predicted molar refractivity (Wildman–Crippen MR) is 70.6 cm³/mol. The van der Waals surface area contributed by atoms with Crippen LogP contribution in [0.5, 0.6) is 0 Å². The van der Waals surface area contributed by atoms with E-state index in [1.807, 2.05) is 5.32 Å². The Kier molecular flexibility index (Phi) is 5.06. The summed E-state index contributed by atoms with van der Waals surface area (Å²) in [6.45, 7) is 0.710. The molecule has 2 atom stereocenters. The molecule has 1 amide bonds. The number of benzene rings is 1. The molecule has 21 heavy (non-hydrogen) atoms. The molecular formula is C14H17F3N2O2. The lowest BCUT2D eigenvalue weighted by Crippen LogP contribution is -2.50. The number of halogens is 3. The summed E-state index contributed by atoms with van der Waals surface area (Å²) in [4.78, 5) is 11.6. The van der Waals surface area contributed by atoms with Gasteiger partial charge in [-0.25, -0.2) is 4.79 Å². The van der Waals surface area contributed by atoms with Crippen LogP contribution < -0.4 is 10.6 Å². The summed E-state index contributed by atoms with van der Waals surface area (Å²) in [5.74, 6) is -0.658. The Balaban J connectivity index is 1.89. The first-order valence-corrected chi connectivity index (χ1v) is 6.71. The minimum atomic E-state index is -4.48. The summed E-state index contributed by atoms with van der Waals surface area (Å²) in [6, 6.07) is 6.91. The predicted octanol–water partition coefficient (Wildman–Crippen LogP) is 2.45. The summed E-state index contributed by atoms with van der Waals surface area (Å²) in [5.41, 5.74) is 0.721. The van der Waals surface area contributed by atoms with E-state index in [0.29, 0.717) is 13.0 Å². The van der Waals surface area contributed by atoms with Crippen molar-refractivity contribution in [3.63, 3.8) is 0 Å². The van der Waals surface area contributed by atoms with Crippen molar-refractivity contribution in [1.29, 1.82) is 0 Å². The largest absolute Gasteiger partial charge is 0.445 e. The normalized spacial score (nSPS) is 20.0. The summed E-state index contributed by atoms with van der Waals surface area (Å²) in [6.07, 6.45) is -5.15. The summed E-state index contributed by atoms with van der Waals surface area (Å²) in [5, 5.41) is 4.81. The van der Waals surface area contributed by atoms with Gasteiger partial charge in [-0.05, 0) is 18.5 Å². The molecule has 1 aromatic rings. The maximum atomic E-state index is 13.0. The van der Waals surface area contributed by atoms with Gasteiger partial charge in [-0.15, -0.1) is 0 Å². The third-order valence-corrected chi connectivity index (χ3v) is 3.41. The fourth-order valence-electron chi connectivity index (χ4n) is 2.32. The lowest BCUT2D eigenvalue weighted by atomic mass is 9.98. The molecule has 1 aliphatic rings. The van der Waals surface area contributed by atoms with Crippen molar-refractivity contribution in [2.75, 3.05) is 13.1 Å². The highest BCUT2D eigenvalue weighted by atomic mass is 19.4. The summed E-state index contributed by atoms with van der Waals surface area (Å²) < 4.78 is 43.8. The molecule has 2 rings (SSSR count). The van der Waals surface area contributed by atoms with Crippen molar-refractivity contribution < 1.29 is 22.7 Å². The number of nitrogens with one attached hydrogen (secondary N) is 2. The van der Waals surface area contributed by atoms with E-state index in [4.69, 9.17) is 4.74 Å². The van der Waals surface area contributed by atoms with Gasteiger partial charge < -0.3 is 15.4 Å². The van der Waals surface area contributed by atoms with E-state index in [9.17, 15) is 18.0 Å². The van der Waals surface area contributed by atoms with Crippen molar-refractivity contribution >= 4 is 6.09 Å². The Hall–Kier alpha value is -1.76. The second-order valence-corrected chi connectivity index (χ2v) is 4.98. The Labute approximate surface area is 120 Å². The fraction of sp³-hybridized carbons (Fsp3) is 0.500. The van der Waals surface area contributed by atoms with Crippen molar-refractivity contribution in [2.24, 2.45) is 5.92 Å². The lowest BCUT2D eigenvalue weighted by molar-refractivity contribution is -0.164. The van der Waals surface area contributed by atoms with Gasteiger partial charge in [0, 0.05) is 12.5 Å². The zero-order valence-electron chi connectivity index (χ0n) is 11.3. The number of rotatable bonds is 4. The summed E-state index contributed by atoms with van der Waals surface area (Å²) in [7, 11) is 0. The molecule has 4 nitrogen and oxygen atoms in total. The second kappa shape index (κ2) is 6.80. The van der Waals surface area contributed by atoms with Gasteiger partial charge in [0.05, 0.1) is 0 Å². The first-order valence-electron chi connectivity index (χ1n) is 6.71. The molecule has 7 heteroatoms. The van der Waals surface area contributed by atoms with Gasteiger partial charge in [0.1, 0.15) is 12.6 Å². The molecule has 116 valence electrons. The van der Waals surface area contributed by atoms with E-state index >= 15 is 0 Å². The highest BCUT2D eigenvalue weighted by molar-refractivity contribution is 5.67. The van der Waals surface area contributed by atoms with E-state index in [1.54, 1.807) is 30.3 Å². The third kappa shape index (κ3) is 4.63. The minimum Gasteiger partial charge on any atom is -0.445 e. The topological polar surface area (TPSA) is 50.4 Å². The van der Waals surface area contributed by atoms with Gasteiger partial charge in [-0.3, -0.25) is 0 Å². The van der Waals surface area contributed by atoms with Crippen LogP contribution in [0.1, 0.15) is 12.0 Å². The van der Waals surface area contributed by atoms with E-state index in [1.165, 1.54) is 0 Å². The number of alkyl halides is 3. The number of hydrogen-bond acceptors (Lipinski definition) is 3. The van der Waals surface area contributed by atoms with Crippen LogP contribution in [-0.2, 0) is 11.3 Å². The minimum absolute atomic E-state index is 0.0554. The van der Waals surface area contributed by atoms with E-state index in [0.717, 1.165) is 5.56 Å². The first-order chi connectivity index (χ1) is 9.97. The molecule has 0 saturated carbocycles. The number of carbonyl (C=O) groups excluding carboxylic acids is 1. The smallest absolute Gasteiger partial charge is 0.409 e. The van der Waals surface area contributed by atoms with Gasteiger partial charge >= 0.3 is 12.3 Å². The van der Waals surface area contributed by atoms with Crippen molar-refractivity contribution in [2.45, 2.75) is 25.2 Å². The van der Waals surface area contributed by atoms with Crippen LogP contribution >= 0.6 is 0 Å². The van der Waals surface area contributed by atoms with Crippen LogP contribution in [0.2, 0.25) is 0 Å². The molecule has 0 radical (unpaired) electrons. The Bertz CT molecular complexity index is 459. The Morgan fingerprint density at radius 3 is 2.67 bits per heavy atom. The van der Waals surface area contributed by atoms with Gasteiger partial charge in [-0.1, -0.05) is 30.3 Å². The monoisotopic (exact) mass is 302 g/mol. The summed E-state index contributed by atoms with van der Waals surface area (Å²) >= 11 is 0. The van der Waals surface area contributed by atoms with Crippen LogP contribution in [0, 0.1) is 5.92 Å². The van der Waals surface area contributed by atoms with Crippen molar-refractivity contribution in [1.82, 2.24) is 10.6 Å². The van der Waals surface area contributed by atoms with Crippen LogP contribution in [-0.4, -0.2) is 31.4 Å². The van der Waals surface area contributed by atoms with Crippen LogP contribution in [0.25, 0.3) is 0 Å². The molecule has 1 heterocycles. The molecule has 0 aliphatic carbocycles. The molecule has 1 aromatic carbocycles. The molecule has 0 spiro atoms. The molecule has 0 bridgehead atoms. The van der Waals surface area contributed by atoms with Gasteiger partial charge in [-0.2, -0.15) is 13.2 Å². The number of amides is 1. The molecule has 1 fully saturated rings. The van der Waals surface area contributed by atoms with Gasteiger partial charge in [0.2, 0.25) is 0 Å². The Morgan fingerprint density at radius 1 is 1.38 bits per heavy atom.